The van der Waals surface area contributed by atoms with Gasteiger partial charge in [0.05, 0.1) is 25.9 Å². The summed E-state index contributed by atoms with van der Waals surface area (Å²) in [4.78, 5) is 0. The molecule has 0 spiro atoms. The van der Waals surface area contributed by atoms with E-state index in [4.69, 9.17) is 9.47 Å². The van der Waals surface area contributed by atoms with Crippen LogP contribution < -0.4 is 5.32 Å². The third kappa shape index (κ3) is 4.22. The second kappa shape index (κ2) is 8.13. The van der Waals surface area contributed by atoms with Gasteiger partial charge in [-0.15, -0.1) is 0 Å². The van der Waals surface area contributed by atoms with Crippen LogP contribution in [-0.4, -0.2) is 38.5 Å². The lowest BCUT2D eigenvalue weighted by Crippen LogP contribution is -2.51. The fourth-order valence-corrected chi connectivity index (χ4v) is 3.30. The molecule has 1 heterocycles. The number of rotatable bonds is 5. The topological polar surface area (TPSA) is 30.5 Å². The molecule has 0 aromatic heterocycles. The molecule has 0 aromatic carbocycles. The van der Waals surface area contributed by atoms with Gasteiger partial charge in [-0.1, -0.05) is 32.6 Å². The van der Waals surface area contributed by atoms with Crippen LogP contribution in [0, 0.1) is 5.92 Å². The lowest BCUT2D eigenvalue weighted by atomic mass is 9.88. The van der Waals surface area contributed by atoms with Crippen LogP contribution in [-0.2, 0) is 9.47 Å². The zero-order chi connectivity index (χ0) is 12.6. The van der Waals surface area contributed by atoms with E-state index in [1.807, 2.05) is 0 Å². The zero-order valence-electron chi connectivity index (χ0n) is 11.8. The summed E-state index contributed by atoms with van der Waals surface area (Å²) >= 11 is 0. The van der Waals surface area contributed by atoms with Gasteiger partial charge in [-0.25, -0.2) is 0 Å². The summed E-state index contributed by atoms with van der Waals surface area (Å²) in [7, 11) is 0. The monoisotopic (exact) mass is 255 g/mol. The van der Waals surface area contributed by atoms with Crippen LogP contribution >= 0.6 is 0 Å². The van der Waals surface area contributed by atoms with Crippen LogP contribution in [0.25, 0.3) is 0 Å². The Hall–Kier alpha value is -0.120. The first-order valence-electron chi connectivity index (χ1n) is 7.84. The van der Waals surface area contributed by atoms with Crippen molar-refractivity contribution in [1.82, 2.24) is 5.32 Å². The highest BCUT2D eigenvalue weighted by atomic mass is 16.6. The van der Waals surface area contributed by atoms with Crippen LogP contribution in [0.5, 0.6) is 0 Å². The minimum Gasteiger partial charge on any atom is -0.376 e. The van der Waals surface area contributed by atoms with Gasteiger partial charge in [-0.05, 0) is 31.7 Å². The molecule has 2 unspecified atom stereocenters. The average Bonchev–Trinajstić information content (AvgIpc) is 2.70. The van der Waals surface area contributed by atoms with Crippen molar-refractivity contribution in [1.29, 1.82) is 0 Å². The van der Waals surface area contributed by atoms with E-state index >= 15 is 0 Å². The number of nitrogens with one attached hydrogen (secondary N) is 1. The van der Waals surface area contributed by atoms with Crippen molar-refractivity contribution in [2.45, 2.75) is 64.0 Å². The maximum absolute atomic E-state index is 5.94. The van der Waals surface area contributed by atoms with E-state index in [0.717, 1.165) is 32.3 Å². The van der Waals surface area contributed by atoms with Crippen molar-refractivity contribution in [2.75, 3.05) is 26.4 Å². The van der Waals surface area contributed by atoms with Crippen molar-refractivity contribution < 1.29 is 9.47 Å². The standard InChI is InChI=1S/C15H29NO2/c1-2-9-16-15(14-12-17-10-11-18-14)13-7-5-3-4-6-8-13/h13-16H,2-12H2,1H3. The molecule has 3 nitrogen and oxygen atoms in total. The SMILES string of the molecule is CCCNC(C1CCCCCC1)C1COCCO1. The Bertz CT molecular complexity index is 209. The number of ether oxygens (including phenoxy) is 2. The summed E-state index contributed by atoms with van der Waals surface area (Å²) in [5, 5.41) is 3.73. The third-order valence-electron chi connectivity index (χ3n) is 4.28. The quantitative estimate of drug-likeness (QED) is 0.766. The van der Waals surface area contributed by atoms with E-state index in [1.54, 1.807) is 0 Å². The minimum atomic E-state index is 0.272. The molecule has 2 aliphatic rings. The highest BCUT2D eigenvalue weighted by Gasteiger charge is 2.31. The molecule has 0 amide bonds. The molecule has 0 radical (unpaired) electrons. The van der Waals surface area contributed by atoms with Gasteiger partial charge >= 0.3 is 0 Å². The van der Waals surface area contributed by atoms with Gasteiger partial charge < -0.3 is 14.8 Å². The fraction of sp³-hybridized carbons (Fsp3) is 1.00. The summed E-state index contributed by atoms with van der Waals surface area (Å²) in [6.07, 6.45) is 9.80. The Morgan fingerprint density at radius 3 is 2.50 bits per heavy atom. The molecule has 2 fully saturated rings. The largest absolute Gasteiger partial charge is 0.376 e. The van der Waals surface area contributed by atoms with Crippen molar-refractivity contribution in [3.63, 3.8) is 0 Å². The van der Waals surface area contributed by atoms with Crippen molar-refractivity contribution >= 4 is 0 Å². The third-order valence-corrected chi connectivity index (χ3v) is 4.28. The van der Waals surface area contributed by atoms with Crippen molar-refractivity contribution in [3.05, 3.63) is 0 Å². The molecule has 0 aromatic rings. The Kier molecular flexibility index (Phi) is 6.46. The predicted molar refractivity (Wildman–Crippen MR) is 73.8 cm³/mol. The molecule has 1 N–H and O–H groups in total. The molecule has 2 atom stereocenters. The van der Waals surface area contributed by atoms with Gasteiger partial charge in [0.1, 0.15) is 0 Å². The zero-order valence-corrected chi connectivity index (χ0v) is 11.8. The van der Waals surface area contributed by atoms with Crippen LogP contribution in [0.15, 0.2) is 0 Å². The smallest absolute Gasteiger partial charge is 0.0964 e. The van der Waals surface area contributed by atoms with Crippen molar-refractivity contribution in [2.24, 2.45) is 5.92 Å². The second-order valence-electron chi connectivity index (χ2n) is 5.72. The Balaban J connectivity index is 1.92. The first-order chi connectivity index (χ1) is 8.92. The first kappa shape index (κ1) is 14.3. The molecule has 106 valence electrons. The van der Waals surface area contributed by atoms with E-state index < -0.39 is 0 Å². The van der Waals surface area contributed by atoms with Crippen molar-refractivity contribution in [3.8, 4) is 0 Å². The van der Waals surface area contributed by atoms with E-state index in [0.29, 0.717) is 6.04 Å². The molecular weight excluding hydrogens is 226 g/mol. The maximum Gasteiger partial charge on any atom is 0.0964 e. The van der Waals surface area contributed by atoms with Crippen LogP contribution in [0.4, 0.5) is 0 Å². The average molecular weight is 255 g/mol. The van der Waals surface area contributed by atoms with E-state index in [1.165, 1.54) is 44.9 Å². The molecule has 1 aliphatic carbocycles. The van der Waals surface area contributed by atoms with Gasteiger partial charge in [0.25, 0.3) is 0 Å². The van der Waals surface area contributed by atoms with E-state index in [-0.39, 0.29) is 6.10 Å². The normalized spacial score (nSPS) is 28.8. The summed E-state index contributed by atoms with van der Waals surface area (Å²) in [6.45, 7) is 5.64. The summed E-state index contributed by atoms with van der Waals surface area (Å²) < 4.78 is 11.5. The molecule has 1 saturated carbocycles. The molecular formula is C15H29NO2. The second-order valence-corrected chi connectivity index (χ2v) is 5.72. The lowest BCUT2D eigenvalue weighted by molar-refractivity contribution is -0.109. The Labute approximate surface area is 112 Å². The summed E-state index contributed by atoms with van der Waals surface area (Å²) in [6, 6.07) is 0.503. The molecule has 0 bridgehead atoms. The highest BCUT2D eigenvalue weighted by Crippen LogP contribution is 2.28. The van der Waals surface area contributed by atoms with Gasteiger partial charge in [0.15, 0.2) is 0 Å². The number of hydrogen-bond donors (Lipinski definition) is 1. The molecule has 1 aliphatic heterocycles. The minimum absolute atomic E-state index is 0.272. The van der Waals surface area contributed by atoms with Gasteiger partial charge in [-0.2, -0.15) is 0 Å². The van der Waals surface area contributed by atoms with Gasteiger partial charge in [0, 0.05) is 6.04 Å². The van der Waals surface area contributed by atoms with Crippen LogP contribution in [0.2, 0.25) is 0 Å². The first-order valence-corrected chi connectivity index (χ1v) is 7.84. The molecule has 2 rings (SSSR count). The summed E-state index contributed by atoms with van der Waals surface area (Å²) in [5.41, 5.74) is 0. The predicted octanol–water partition coefficient (Wildman–Crippen LogP) is 2.74. The Morgan fingerprint density at radius 2 is 1.89 bits per heavy atom. The Morgan fingerprint density at radius 1 is 1.11 bits per heavy atom. The van der Waals surface area contributed by atoms with Crippen LogP contribution in [0.3, 0.4) is 0 Å². The molecule has 3 heteroatoms. The van der Waals surface area contributed by atoms with Gasteiger partial charge in [-0.3, -0.25) is 0 Å². The lowest BCUT2D eigenvalue weighted by Gasteiger charge is -2.36. The van der Waals surface area contributed by atoms with Crippen LogP contribution in [0.1, 0.15) is 51.9 Å². The van der Waals surface area contributed by atoms with E-state index in [2.05, 4.69) is 12.2 Å². The number of hydrogen-bond acceptors (Lipinski definition) is 3. The fourth-order valence-electron chi connectivity index (χ4n) is 3.30. The maximum atomic E-state index is 5.94. The van der Waals surface area contributed by atoms with Gasteiger partial charge in [0.2, 0.25) is 0 Å². The highest BCUT2D eigenvalue weighted by molar-refractivity contribution is 4.86. The summed E-state index contributed by atoms with van der Waals surface area (Å²) in [5.74, 6) is 0.783. The molecule has 18 heavy (non-hydrogen) atoms. The van der Waals surface area contributed by atoms with E-state index in [9.17, 15) is 0 Å². The molecule has 1 saturated heterocycles.